The van der Waals surface area contributed by atoms with E-state index in [1.807, 2.05) is 24.3 Å². The molecular formula is C24H19BrO5. The molecule has 3 aromatic carbocycles. The summed E-state index contributed by atoms with van der Waals surface area (Å²) < 4.78 is 16.7. The van der Waals surface area contributed by atoms with Gasteiger partial charge in [0.25, 0.3) is 0 Å². The molecule has 0 heterocycles. The summed E-state index contributed by atoms with van der Waals surface area (Å²) in [5.41, 5.74) is 1.35. The van der Waals surface area contributed by atoms with Gasteiger partial charge in [0.2, 0.25) is 0 Å². The van der Waals surface area contributed by atoms with Gasteiger partial charge in [-0.25, -0.2) is 4.79 Å². The lowest BCUT2D eigenvalue weighted by molar-refractivity contribution is 0.0732. The number of para-hydroxylation sites is 1. The zero-order valence-corrected chi connectivity index (χ0v) is 18.0. The quantitative estimate of drug-likeness (QED) is 0.197. The Kier molecular flexibility index (Phi) is 7.03. The van der Waals surface area contributed by atoms with Crippen molar-refractivity contribution in [2.45, 2.75) is 0 Å². The molecule has 3 aromatic rings. The fourth-order valence-electron chi connectivity index (χ4n) is 2.76. The second kappa shape index (κ2) is 9.89. The van der Waals surface area contributed by atoms with Crippen molar-refractivity contribution in [2.75, 3.05) is 14.2 Å². The van der Waals surface area contributed by atoms with Crippen LogP contribution in [0.3, 0.4) is 0 Å². The number of hydrogen-bond acceptors (Lipinski definition) is 5. The topological polar surface area (TPSA) is 61.8 Å². The highest BCUT2D eigenvalue weighted by atomic mass is 79.9. The van der Waals surface area contributed by atoms with Crippen LogP contribution in [0.1, 0.15) is 26.3 Å². The van der Waals surface area contributed by atoms with Gasteiger partial charge in [0.05, 0.1) is 25.3 Å². The minimum atomic E-state index is -0.585. The number of halogens is 1. The highest BCUT2D eigenvalue weighted by molar-refractivity contribution is 9.10. The van der Waals surface area contributed by atoms with Crippen molar-refractivity contribution in [2.24, 2.45) is 0 Å². The van der Waals surface area contributed by atoms with Gasteiger partial charge in [-0.2, -0.15) is 0 Å². The second-order valence-electron chi connectivity index (χ2n) is 6.17. The standard InChI is InChI=1S/C24H19BrO5/c1-28-17-12-13-19(21(26)14-11-16-7-3-6-10-22(16)29-2)23(15-17)30-24(27)18-8-4-5-9-20(18)25/h3-15H,1-2H3. The van der Waals surface area contributed by atoms with Crippen LogP contribution < -0.4 is 14.2 Å². The average Bonchev–Trinajstić information content (AvgIpc) is 2.77. The molecule has 6 heteroatoms. The van der Waals surface area contributed by atoms with Crippen molar-refractivity contribution in [3.63, 3.8) is 0 Å². The van der Waals surface area contributed by atoms with Crippen LogP contribution >= 0.6 is 15.9 Å². The molecule has 0 fully saturated rings. The molecule has 152 valence electrons. The number of carbonyl (C=O) groups excluding carboxylic acids is 2. The molecule has 30 heavy (non-hydrogen) atoms. The van der Waals surface area contributed by atoms with Crippen LogP contribution in [0.15, 0.2) is 77.3 Å². The van der Waals surface area contributed by atoms with E-state index in [0.717, 1.165) is 5.56 Å². The monoisotopic (exact) mass is 466 g/mol. The largest absolute Gasteiger partial charge is 0.497 e. The van der Waals surface area contributed by atoms with E-state index in [4.69, 9.17) is 14.2 Å². The SMILES string of the molecule is COc1ccc(C(=O)C=Cc2ccccc2OC)c(OC(=O)c2ccccc2Br)c1. The predicted molar refractivity (Wildman–Crippen MR) is 118 cm³/mol. The van der Waals surface area contributed by atoms with Gasteiger partial charge in [0.15, 0.2) is 5.78 Å². The molecule has 5 nitrogen and oxygen atoms in total. The molecule has 0 N–H and O–H groups in total. The zero-order valence-electron chi connectivity index (χ0n) is 16.4. The number of benzene rings is 3. The number of esters is 1. The molecule has 3 rings (SSSR count). The number of rotatable bonds is 7. The number of ether oxygens (including phenoxy) is 3. The number of hydrogen-bond donors (Lipinski definition) is 0. The van der Waals surface area contributed by atoms with E-state index in [0.29, 0.717) is 21.5 Å². The van der Waals surface area contributed by atoms with E-state index < -0.39 is 5.97 Å². The number of carbonyl (C=O) groups is 2. The third kappa shape index (κ3) is 4.96. The van der Waals surface area contributed by atoms with Crippen molar-refractivity contribution >= 4 is 33.8 Å². The molecule has 0 atom stereocenters. The van der Waals surface area contributed by atoms with E-state index in [1.54, 1.807) is 49.6 Å². The van der Waals surface area contributed by atoms with Gasteiger partial charge >= 0.3 is 5.97 Å². The first-order chi connectivity index (χ1) is 14.5. The first kappa shape index (κ1) is 21.3. The van der Waals surface area contributed by atoms with Crippen molar-refractivity contribution in [3.8, 4) is 17.2 Å². The summed E-state index contributed by atoms with van der Waals surface area (Å²) >= 11 is 3.33. The molecule has 0 aromatic heterocycles. The summed E-state index contributed by atoms with van der Waals surface area (Å²) in [5, 5.41) is 0. The molecular weight excluding hydrogens is 448 g/mol. The van der Waals surface area contributed by atoms with E-state index >= 15 is 0 Å². The average molecular weight is 467 g/mol. The van der Waals surface area contributed by atoms with Crippen LogP contribution in [0.5, 0.6) is 17.2 Å². The molecule has 0 spiro atoms. The fourth-order valence-corrected chi connectivity index (χ4v) is 3.21. The lowest BCUT2D eigenvalue weighted by Gasteiger charge is -2.11. The van der Waals surface area contributed by atoms with Crippen LogP contribution in [0.4, 0.5) is 0 Å². The third-order valence-corrected chi connectivity index (χ3v) is 5.00. The van der Waals surface area contributed by atoms with E-state index in [9.17, 15) is 9.59 Å². The summed E-state index contributed by atoms with van der Waals surface area (Å²) in [4.78, 5) is 25.5. The lowest BCUT2D eigenvalue weighted by Crippen LogP contribution is -2.12. The van der Waals surface area contributed by atoms with Crippen LogP contribution in [-0.2, 0) is 0 Å². The van der Waals surface area contributed by atoms with Gasteiger partial charge in [-0.3, -0.25) is 4.79 Å². The summed E-state index contributed by atoms with van der Waals surface area (Å²) in [6.07, 6.45) is 3.07. The molecule has 0 amide bonds. The Labute approximate surface area is 183 Å². The number of allylic oxidation sites excluding steroid dienone is 1. The highest BCUT2D eigenvalue weighted by Gasteiger charge is 2.18. The third-order valence-electron chi connectivity index (χ3n) is 4.30. The first-order valence-electron chi connectivity index (χ1n) is 9.03. The minimum absolute atomic E-state index is 0.116. The maximum absolute atomic E-state index is 12.9. The number of methoxy groups -OCH3 is 2. The molecule has 0 aliphatic carbocycles. The van der Waals surface area contributed by atoms with Crippen LogP contribution in [-0.4, -0.2) is 26.0 Å². The van der Waals surface area contributed by atoms with Crippen molar-refractivity contribution in [1.82, 2.24) is 0 Å². The van der Waals surface area contributed by atoms with Crippen LogP contribution in [0.25, 0.3) is 6.08 Å². The highest BCUT2D eigenvalue weighted by Crippen LogP contribution is 2.28. The molecule has 0 aliphatic rings. The molecule has 0 saturated heterocycles. The Hall–Kier alpha value is -3.38. The second-order valence-corrected chi connectivity index (χ2v) is 7.03. The Morgan fingerprint density at radius 2 is 1.57 bits per heavy atom. The lowest BCUT2D eigenvalue weighted by atomic mass is 10.1. The van der Waals surface area contributed by atoms with Crippen molar-refractivity contribution in [1.29, 1.82) is 0 Å². The number of ketones is 1. The Morgan fingerprint density at radius 3 is 2.30 bits per heavy atom. The predicted octanol–water partition coefficient (Wildman–Crippen LogP) is 5.58. The molecule has 0 bridgehead atoms. The zero-order chi connectivity index (χ0) is 21.5. The van der Waals surface area contributed by atoms with Gasteiger partial charge in [-0.05, 0) is 58.4 Å². The van der Waals surface area contributed by atoms with Gasteiger partial charge in [-0.1, -0.05) is 30.3 Å². The first-order valence-corrected chi connectivity index (χ1v) is 9.83. The minimum Gasteiger partial charge on any atom is -0.497 e. The maximum atomic E-state index is 12.9. The normalized spacial score (nSPS) is 10.6. The van der Waals surface area contributed by atoms with Gasteiger partial charge < -0.3 is 14.2 Å². The van der Waals surface area contributed by atoms with Crippen LogP contribution in [0, 0.1) is 0 Å². The van der Waals surface area contributed by atoms with Gasteiger partial charge in [-0.15, -0.1) is 0 Å². The smallest absolute Gasteiger partial charge is 0.344 e. The van der Waals surface area contributed by atoms with Crippen molar-refractivity contribution < 1.29 is 23.8 Å². The fraction of sp³-hybridized carbons (Fsp3) is 0.0833. The Morgan fingerprint density at radius 1 is 0.833 bits per heavy atom. The van der Waals surface area contributed by atoms with Gasteiger partial charge in [0.1, 0.15) is 17.2 Å². The summed E-state index contributed by atoms with van der Waals surface area (Å²) in [7, 11) is 3.06. The molecule has 0 unspecified atom stereocenters. The summed E-state index contributed by atoms with van der Waals surface area (Å²) in [6.45, 7) is 0. The van der Waals surface area contributed by atoms with Crippen molar-refractivity contribution in [3.05, 3.63) is 94.0 Å². The molecule has 0 saturated carbocycles. The maximum Gasteiger partial charge on any atom is 0.344 e. The van der Waals surface area contributed by atoms with E-state index in [1.165, 1.54) is 19.3 Å². The summed E-state index contributed by atoms with van der Waals surface area (Å²) in [5.74, 6) is 0.328. The Balaban J connectivity index is 1.91. The van der Waals surface area contributed by atoms with Crippen LogP contribution in [0.2, 0.25) is 0 Å². The molecule has 0 aliphatic heterocycles. The molecule has 0 radical (unpaired) electrons. The van der Waals surface area contributed by atoms with E-state index in [2.05, 4.69) is 15.9 Å². The Bertz CT molecular complexity index is 1100. The van der Waals surface area contributed by atoms with Gasteiger partial charge in [0, 0.05) is 16.1 Å². The summed E-state index contributed by atoms with van der Waals surface area (Å²) in [6, 6.07) is 19.0. The van der Waals surface area contributed by atoms with E-state index in [-0.39, 0.29) is 17.1 Å².